The van der Waals surface area contributed by atoms with E-state index in [4.69, 9.17) is 10.00 Å². The molecule has 114 valence electrons. The van der Waals surface area contributed by atoms with Gasteiger partial charge in [-0.15, -0.1) is 0 Å². The van der Waals surface area contributed by atoms with Crippen LogP contribution in [0.2, 0.25) is 0 Å². The minimum Gasteiger partial charge on any atom is -0.445 e. The van der Waals surface area contributed by atoms with E-state index in [1.165, 1.54) is 7.05 Å². The standard InChI is InChI=1S/C16H17N3O3/c1-18(11-17)14(20)16-7-13(16)8-19(10-16)15(21)22-9-12-5-3-2-4-6-12/h2-6,13H,7-10H2,1H3. The fourth-order valence-electron chi connectivity index (χ4n) is 3.14. The van der Waals surface area contributed by atoms with E-state index in [1.807, 2.05) is 36.5 Å². The number of benzene rings is 1. The van der Waals surface area contributed by atoms with Crippen LogP contribution in [-0.2, 0) is 16.1 Å². The van der Waals surface area contributed by atoms with Crippen LogP contribution >= 0.6 is 0 Å². The number of carbonyl (C=O) groups is 2. The van der Waals surface area contributed by atoms with E-state index >= 15 is 0 Å². The van der Waals surface area contributed by atoms with E-state index in [9.17, 15) is 9.59 Å². The van der Waals surface area contributed by atoms with Gasteiger partial charge in [0.25, 0.3) is 0 Å². The van der Waals surface area contributed by atoms with Crippen LogP contribution in [0.5, 0.6) is 0 Å². The summed E-state index contributed by atoms with van der Waals surface area (Å²) in [5.74, 6) is -0.0431. The van der Waals surface area contributed by atoms with Crippen LogP contribution in [0.25, 0.3) is 0 Å². The minimum absolute atomic E-state index is 0.153. The van der Waals surface area contributed by atoms with Gasteiger partial charge in [-0.2, -0.15) is 5.26 Å². The average Bonchev–Trinajstić information content (AvgIpc) is 3.13. The van der Waals surface area contributed by atoms with Gasteiger partial charge in [-0.1, -0.05) is 30.3 Å². The summed E-state index contributed by atoms with van der Waals surface area (Å²) in [6.07, 6.45) is 2.18. The Kier molecular flexibility index (Phi) is 3.49. The van der Waals surface area contributed by atoms with Gasteiger partial charge in [0.1, 0.15) is 6.61 Å². The molecule has 6 heteroatoms. The predicted molar refractivity (Wildman–Crippen MR) is 77.1 cm³/mol. The molecule has 1 aliphatic carbocycles. The number of carbonyl (C=O) groups excluding carboxylic acids is 2. The molecule has 1 saturated heterocycles. The molecule has 0 radical (unpaired) electrons. The first-order valence-electron chi connectivity index (χ1n) is 7.20. The van der Waals surface area contributed by atoms with Crippen molar-refractivity contribution < 1.29 is 14.3 Å². The van der Waals surface area contributed by atoms with Gasteiger partial charge in [-0.05, 0) is 17.9 Å². The van der Waals surface area contributed by atoms with E-state index in [-0.39, 0.29) is 18.4 Å². The molecule has 1 aromatic rings. The zero-order chi connectivity index (χ0) is 15.7. The Labute approximate surface area is 128 Å². The monoisotopic (exact) mass is 299 g/mol. The average molecular weight is 299 g/mol. The second-order valence-corrected chi connectivity index (χ2v) is 5.94. The summed E-state index contributed by atoms with van der Waals surface area (Å²) in [6.45, 7) is 1.09. The van der Waals surface area contributed by atoms with Crippen molar-refractivity contribution in [2.45, 2.75) is 13.0 Å². The molecular formula is C16H17N3O3. The lowest BCUT2D eigenvalue weighted by molar-refractivity contribution is -0.132. The van der Waals surface area contributed by atoms with Crippen LogP contribution in [0, 0.1) is 22.8 Å². The van der Waals surface area contributed by atoms with Crippen LogP contribution in [0.4, 0.5) is 4.79 Å². The van der Waals surface area contributed by atoms with E-state index in [0.717, 1.165) is 16.9 Å². The number of fused-ring (bicyclic) bond motifs is 1. The number of piperidine rings is 1. The number of nitrogens with zero attached hydrogens (tertiary/aromatic N) is 3. The second kappa shape index (κ2) is 5.34. The summed E-state index contributed by atoms with van der Waals surface area (Å²) in [5, 5.41) is 8.83. The van der Waals surface area contributed by atoms with Crippen LogP contribution in [-0.4, -0.2) is 41.9 Å². The molecule has 1 aromatic carbocycles. The molecule has 0 aromatic heterocycles. The fraction of sp³-hybridized carbons (Fsp3) is 0.438. The summed E-state index contributed by atoms with van der Waals surface area (Å²) < 4.78 is 5.29. The number of rotatable bonds is 3. The van der Waals surface area contributed by atoms with Crippen molar-refractivity contribution in [3.8, 4) is 6.19 Å². The second-order valence-electron chi connectivity index (χ2n) is 5.94. The number of hydrogen-bond acceptors (Lipinski definition) is 4. The number of likely N-dealkylation sites (tertiary alicyclic amines) is 1. The SMILES string of the molecule is CN(C#N)C(=O)C12CC1CN(C(=O)OCc1ccccc1)C2. The van der Waals surface area contributed by atoms with Crippen LogP contribution in [0.1, 0.15) is 12.0 Å². The Morgan fingerprint density at radius 1 is 1.45 bits per heavy atom. The smallest absolute Gasteiger partial charge is 0.410 e. The third-order valence-corrected chi connectivity index (χ3v) is 4.49. The Morgan fingerprint density at radius 2 is 2.18 bits per heavy atom. The molecule has 2 unspecified atom stereocenters. The summed E-state index contributed by atoms with van der Waals surface area (Å²) in [7, 11) is 1.46. The zero-order valence-corrected chi connectivity index (χ0v) is 12.4. The van der Waals surface area contributed by atoms with Crippen molar-refractivity contribution in [3.05, 3.63) is 35.9 Å². The molecule has 0 N–H and O–H groups in total. The van der Waals surface area contributed by atoms with Gasteiger partial charge in [-0.25, -0.2) is 4.79 Å². The van der Waals surface area contributed by atoms with Crippen molar-refractivity contribution in [2.24, 2.45) is 11.3 Å². The first-order valence-corrected chi connectivity index (χ1v) is 7.20. The van der Waals surface area contributed by atoms with Crippen molar-refractivity contribution in [2.75, 3.05) is 20.1 Å². The van der Waals surface area contributed by atoms with Crippen molar-refractivity contribution >= 4 is 12.0 Å². The van der Waals surface area contributed by atoms with Crippen LogP contribution < -0.4 is 0 Å². The topological polar surface area (TPSA) is 73.6 Å². The molecule has 3 rings (SSSR count). The quantitative estimate of drug-likeness (QED) is 0.627. The maximum absolute atomic E-state index is 12.2. The van der Waals surface area contributed by atoms with Crippen molar-refractivity contribution in [3.63, 3.8) is 0 Å². The Morgan fingerprint density at radius 3 is 2.86 bits per heavy atom. The molecule has 1 aliphatic heterocycles. The normalized spacial score (nSPS) is 25.1. The number of ether oxygens (including phenoxy) is 1. The maximum atomic E-state index is 12.2. The Bertz CT molecular complexity index is 640. The minimum atomic E-state index is -0.559. The maximum Gasteiger partial charge on any atom is 0.410 e. The fourth-order valence-corrected chi connectivity index (χ4v) is 3.14. The molecule has 0 spiro atoms. The molecule has 2 amide bonds. The molecule has 2 atom stereocenters. The number of nitriles is 1. The van der Waals surface area contributed by atoms with Gasteiger partial charge in [0.2, 0.25) is 5.91 Å². The Balaban J connectivity index is 1.56. The summed E-state index contributed by atoms with van der Waals surface area (Å²) in [4.78, 5) is 26.9. The highest BCUT2D eigenvalue weighted by atomic mass is 16.6. The Hall–Kier alpha value is -2.55. The highest BCUT2D eigenvalue weighted by Gasteiger charge is 2.66. The van der Waals surface area contributed by atoms with Crippen LogP contribution in [0.15, 0.2) is 30.3 Å². The van der Waals surface area contributed by atoms with Gasteiger partial charge in [0.05, 0.1) is 5.41 Å². The zero-order valence-electron chi connectivity index (χ0n) is 12.4. The summed E-state index contributed by atoms with van der Waals surface area (Å²) in [5.41, 5.74) is 0.367. The molecule has 1 heterocycles. The van der Waals surface area contributed by atoms with Crippen LogP contribution in [0.3, 0.4) is 0 Å². The first kappa shape index (κ1) is 14.4. The van der Waals surface area contributed by atoms with Gasteiger partial charge in [-0.3, -0.25) is 9.69 Å². The van der Waals surface area contributed by atoms with E-state index in [1.54, 1.807) is 4.90 Å². The molecular weight excluding hydrogens is 282 g/mol. The van der Waals surface area contributed by atoms with Gasteiger partial charge >= 0.3 is 6.09 Å². The lowest BCUT2D eigenvalue weighted by Gasteiger charge is -2.21. The molecule has 0 bridgehead atoms. The third-order valence-electron chi connectivity index (χ3n) is 4.49. The van der Waals surface area contributed by atoms with Crippen molar-refractivity contribution in [1.82, 2.24) is 9.80 Å². The van der Waals surface area contributed by atoms with E-state index in [2.05, 4.69) is 0 Å². The number of hydrogen-bond donors (Lipinski definition) is 0. The van der Waals surface area contributed by atoms with Gasteiger partial charge in [0.15, 0.2) is 6.19 Å². The predicted octanol–water partition coefficient (Wildman–Crippen LogP) is 1.58. The third kappa shape index (κ3) is 2.39. The van der Waals surface area contributed by atoms with E-state index < -0.39 is 11.5 Å². The van der Waals surface area contributed by atoms with Gasteiger partial charge < -0.3 is 9.64 Å². The molecule has 1 saturated carbocycles. The van der Waals surface area contributed by atoms with Crippen molar-refractivity contribution in [1.29, 1.82) is 5.26 Å². The largest absolute Gasteiger partial charge is 0.445 e. The lowest BCUT2D eigenvalue weighted by atomic mass is 10.1. The highest BCUT2D eigenvalue weighted by molar-refractivity contribution is 5.89. The van der Waals surface area contributed by atoms with Gasteiger partial charge in [0, 0.05) is 20.1 Å². The first-order chi connectivity index (χ1) is 10.6. The van der Waals surface area contributed by atoms with E-state index in [0.29, 0.717) is 13.1 Å². The molecule has 6 nitrogen and oxygen atoms in total. The number of amides is 2. The summed E-state index contributed by atoms with van der Waals surface area (Å²) in [6, 6.07) is 9.46. The molecule has 22 heavy (non-hydrogen) atoms. The lowest BCUT2D eigenvalue weighted by Crippen LogP contribution is -2.38. The summed E-state index contributed by atoms with van der Waals surface area (Å²) >= 11 is 0. The highest BCUT2D eigenvalue weighted by Crippen LogP contribution is 2.58. The molecule has 2 aliphatic rings. The molecule has 2 fully saturated rings.